The van der Waals surface area contributed by atoms with Crippen LogP contribution in [-0.4, -0.2) is 34.1 Å². The molecule has 162 valence electrons. The highest BCUT2D eigenvalue weighted by atomic mass is 32.1. The lowest BCUT2D eigenvalue weighted by Gasteiger charge is -2.33. The van der Waals surface area contributed by atoms with Crippen LogP contribution in [0.15, 0.2) is 53.9 Å². The fraction of sp³-hybridized carbons (Fsp3) is 0.273. The minimum Gasteiger partial charge on any atom is -0.497 e. The molecule has 9 heteroatoms. The first kappa shape index (κ1) is 22.4. The average molecular weight is 443 g/mol. The van der Waals surface area contributed by atoms with Gasteiger partial charge in [0.1, 0.15) is 17.6 Å². The number of aromatic nitrogens is 2. The van der Waals surface area contributed by atoms with Gasteiger partial charge in [0.15, 0.2) is 5.69 Å². The Morgan fingerprint density at radius 3 is 2.42 bits per heavy atom. The molecule has 0 saturated carbocycles. The van der Waals surface area contributed by atoms with Crippen LogP contribution in [0.5, 0.6) is 5.75 Å². The van der Waals surface area contributed by atoms with Gasteiger partial charge in [0, 0.05) is 16.6 Å². The molecule has 0 bridgehead atoms. The predicted octanol–water partition coefficient (Wildman–Crippen LogP) is 3.99. The van der Waals surface area contributed by atoms with Gasteiger partial charge in [0.25, 0.3) is 5.91 Å². The predicted molar refractivity (Wildman–Crippen MR) is 117 cm³/mol. The van der Waals surface area contributed by atoms with Crippen LogP contribution in [-0.2, 0) is 4.79 Å². The summed E-state index contributed by atoms with van der Waals surface area (Å²) >= 11 is 1.01. The minimum absolute atomic E-state index is 0.0660. The molecular weight excluding hydrogens is 419 g/mol. The van der Waals surface area contributed by atoms with Crippen LogP contribution < -0.4 is 15.0 Å². The quantitative estimate of drug-likeness (QED) is 0.624. The fourth-order valence-corrected chi connectivity index (χ4v) is 3.46. The number of rotatable bonds is 6. The Labute approximate surface area is 184 Å². The zero-order chi connectivity index (χ0) is 22.6. The summed E-state index contributed by atoms with van der Waals surface area (Å²) in [5.74, 6) is -0.912. The molecule has 0 fully saturated rings. The number of ether oxygens (including phenoxy) is 1. The second-order valence-corrected chi connectivity index (χ2v) is 8.47. The lowest BCUT2D eigenvalue weighted by atomic mass is 10.00. The number of hydrogen-bond acceptors (Lipinski definition) is 6. The van der Waals surface area contributed by atoms with E-state index in [4.69, 9.17) is 4.74 Å². The monoisotopic (exact) mass is 442 g/mol. The van der Waals surface area contributed by atoms with Gasteiger partial charge >= 0.3 is 0 Å². The molecule has 0 aliphatic carbocycles. The Hall–Kier alpha value is -3.33. The molecule has 0 spiro atoms. The number of anilines is 1. The highest BCUT2D eigenvalue weighted by Crippen LogP contribution is 2.31. The van der Waals surface area contributed by atoms with Crippen molar-refractivity contribution in [2.45, 2.75) is 32.4 Å². The van der Waals surface area contributed by atoms with Crippen LogP contribution in [0.4, 0.5) is 10.1 Å². The zero-order valence-electron chi connectivity index (χ0n) is 17.6. The first-order valence-electron chi connectivity index (χ1n) is 9.52. The number of hydrogen-bond donors (Lipinski definition) is 1. The van der Waals surface area contributed by atoms with Crippen molar-refractivity contribution >= 4 is 29.0 Å². The van der Waals surface area contributed by atoms with Crippen LogP contribution in [0.25, 0.3) is 0 Å². The van der Waals surface area contributed by atoms with E-state index in [2.05, 4.69) is 14.9 Å². The van der Waals surface area contributed by atoms with Crippen molar-refractivity contribution in [3.05, 3.63) is 71.0 Å². The van der Waals surface area contributed by atoms with E-state index in [0.717, 1.165) is 11.5 Å². The van der Waals surface area contributed by atoms with E-state index in [1.54, 1.807) is 30.3 Å². The average Bonchev–Trinajstić information content (AvgIpc) is 3.25. The highest BCUT2D eigenvalue weighted by molar-refractivity contribution is 7.03. The lowest BCUT2D eigenvalue weighted by Crippen LogP contribution is -2.49. The maximum atomic E-state index is 14.1. The third-order valence-corrected chi connectivity index (χ3v) is 4.83. The van der Waals surface area contributed by atoms with Crippen LogP contribution in [0.2, 0.25) is 0 Å². The van der Waals surface area contributed by atoms with Crippen molar-refractivity contribution in [3.63, 3.8) is 0 Å². The molecule has 0 aliphatic rings. The first-order chi connectivity index (χ1) is 14.7. The molecule has 3 rings (SSSR count). The van der Waals surface area contributed by atoms with Gasteiger partial charge in [-0.05, 0) is 68.2 Å². The van der Waals surface area contributed by atoms with E-state index in [1.807, 2.05) is 20.8 Å². The molecule has 1 atom stereocenters. The lowest BCUT2D eigenvalue weighted by molar-refractivity contribution is -0.123. The van der Waals surface area contributed by atoms with Gasteiger partial charge in [0.2, 0.25) is 5.91 Å². The molecule has 31 heavy (non-hydrogen) atoms. The van der Waals surface area contributed by atoms with Gasteiger partial charge < -0.3 is 10.1 Å². The van der Waals surface area contributed by atoms with Crippen molar-refractivity contribution in [2.24, 2.45) is 0 Å². The second kappa shape index (κ2) is 9.22. The summed E-state index contributed by atoms with van der Waals surface area (Å²) in [6.45, 7) is 5.53. The van der Waals surface area contributed by atoms with E-state index >= 15 is 0 Å². The number of amides is 2. The molecule has 0 radical (unpaired) electrons. The van der Waals surface area contributed by atoms with Crippen molar-refractivity contribution in [1.82, 2.24) is 14.9 Å². The van der Waals surface area contributed by atoms with E-state index < -0.39 is 29.2 Å². The Kier molecular flexibility index (Phi) is 6.65. The molecule has 1 aromatic heterocycles. The Bertz CT molecular complexity index is 1050. The van der Waals surface area contributed by atoms with E-state index in [-0.39, 0.29) is 11.4 Å². The van der Waals surface area contributed by atoms with Crippen molar-refractivity contribution in [3.8, 4) is 5.75 Å². The maximum Gasteiger partial charge on any atom is 0.280 e. The Balaban J connectivity index is 2.17. The third kappa shape index (κ3) is 5.43. The van der Waals surface area contributed by atoms with Gasteiger partial charge in [-0.1, -0.05) is 22.7 Å². The first-order valence-corrected chi connectivity index (χ1v) is 10.4. The summed E-state index contributed by atoms with van der Waals surface area (Å²) in [6.07, 6.45) is 0. The number of carbonyl (C=O) groups is 2. The molecule has 7 nitrogen and oxygen atoms in total. The molecule has 2 amide bonds. The SMILES string of the molecule is COc1ccc(C(C(=O)NC(C)(C)C)N(C(=O)c2csnn2)c2cccc(F)c2)cc1. The van der Waals surface area contributed by atoms with Crippen molar-refractivity contribution < 1.29 is 18.7 Å². The molecule has 1 N–H and O–H groups in total. The molecule has 3 aromatic rings. The smallest absolute Gasteiger partial charge is 0.280 e. The van der Waals surface area contributed by atoms with Crippen LogP contribution >= 0.6 is 11.5 Å². The fourth-order valence-electron chi connectivity index (χ4n) is 3.03. The molecule has 1 unspecified atom stereocenters. The number of methoxy groups -OCH3 is 1. The Morgan fingerprint density at radius 1 is 1.16 bits per heavy atom. The number of nitrogens with one attached hydrogen (secondary N) is 1. The minimum atomic E-state index is -1.08. The third-order valence-electron chi connectivity index (χ3n) is 4.32. The van der Waals surface area contributed by atoms with Crippen LogP contribution in [0, 0.1) is 5.82 Å². The van der Waals surface area contributed by atoms with E-state index in [0.29, 0.717) is 11.3 Å². The van der Waals surface area contributed by atoms with Crippen molar-refractivity contribution in [1.29, 1.82) is 0 Å². The summed E-state index contributed by atoms with van der Waals surface area (Å²) in [6, 6.07) is 11.2. The summed E-state index contributed by atoms with van der Waals surface area (Å²) in [7, 11) is 1.54. The van der Waals surface area contributed by atoms with Gasteiger partial charge in [-0.3, -0.25) is 14.5 Å². The van der Waals surface area contributed by atoms with Crippen molar-refractivity contribution in [2.75, 3.05) is 12.0 Å². The number of benzene rings is 2. The summed E-state index contributed by atoms with van der Waals surface area (Å²) < 4.78 is 23.0. The summed E-state index contributed by atoms with van der Waals surface area (Å²) in [4.78, 5) is 28.1. The van der Waals surface area contributed by atoms with Gasteiger partial charge in [0.05, 0.1) is 7.11 Å². The number of halogens is 1. The highest BCUT2D eigenvalue weighted by Gasteiger charge is 2.36. The molecular formula is C22H23FN4O3S. The van der Waals surface area contributed by atoms with Crippen LogP contribution in [0.1, 0.15) is 42.9 Å². The molecule has 2 aromatic carbocycles. The molecule has 0 aliphatic heterocycles. The summed E-state index contributed by atoms with van der Waals surface area (Å²) in [5, 5.41) is 8.26. The largest absolute Gasteiger partial charge is 0.497 e. The second-order valence-electron chi connectivity index (χ2n) is 7.86. The van der Waals surface area contributed by atoms with E-state index in [9.17, 15) is 14.0 Å². The number of carbonyl (C=O) groups excluding carboxylic acids is 2. The normalized spacial score (nSPS) is 12.2. The van der Waals surface area contributed by atoms with Gasteiger partial charge in [-0.15, -0.1) is 5.10 Å². The summed E-state index contributed by atoms with van der Waals surface area (Å²) in [5.41, 5.74) is 0.267. The van der Waals surface area contributed by atoms with Gasteiger partial charge in [-0.2, -0.15) is 0 Å². The van der Waals surface area contributed by atoms with E-state index in [1.165, 1.54) is 35.6 Å². The molecule has 1 heterocycles. The number of nitrogens with zero attached hydrogens (tertiary/aromatic N) is 3. The maximum absolute atomic E-state index is 14.1. The Morgan fingerprint density at radius 2 is 1.87 bits per heavy atom. The van der Waals surface area contributed by atoms with Gasteiger partial charge in [-0.25, -0.2) is 4.39 Å². The zero-order valence-corrected chi connectivity index (χ0v) is 18.4. The van der Waals surface area contributed by atoms with Crippen LogP contribution in [0.3, 0.4) is 0 Å². The molecule has 0 saturated heterocycles. The topological polar surface area (TPSA) is 84.4 Å². The standard InChI is InChI=1S/C22H23FN4O3S/c1-22(2,3)24-20(28)19(14-8-10-17(30-4)11-9-14)27(16-7-5-6-15(23)12-16)21(29)18-13-31-26-25-18/h5-13,19H,1-4H3,(H,24,28).